The van der Waals surface area contributed by atoms with Crippen LogP contribution in [0, 0.1) is 0 Å². The number of rotatable bonds is 41. The van der Waals surface area contributed by atoms with Crippen LogP contribution in [-0.4, -0.2) is 37.2 Å². The zero-order valence-electron chi connectivity index (χ0n) is 35.3. The molecule has 53 heavy (non-hydrogen) atoms. The van der Waals surface area contributed by atoms with Crippen LogP contribution in [0.5, 0.6) is 0 Å². The van der Waals surface area contributed by atoms with Gasteiger partial charge < -0.3 is 14.2 Å². The topological polar surface area (TPSA) is 78.9 Å². The van der Waals surface area contributed by atoms with Gasteiger partial charge in [-0.25, -0.2) is 0 Å². The SMILES string of the molecule is CCCCCCC/C=C\CCCCCCCC(=O)OC(COC(=O)CCCCCCC)COC(=O)CCCCCCC/C=C\CCCCCCCCC. The lowest BCUT2D eigenvalue weighted by atomic mass is 10.1. The molecule has 0 spiro atoms. The molecule has 0 rings (SSSR count). The predicted octanol–water partition coefficient (Wildman–Crippen LogP) is 14.4. The van der Waals surface area contributed by atoms with Gasteiger partial charge in [-0.05, 0) is 70.6 Å². The summed E-state index contributed by atoms with van der Waals surface area (Å²) in [7, 11) is 0. The van der Waals surface area contributed by atoms with E-state index in [1.165, 1.54) is 122 Å². The molecule has 0 saturated carbocycles. The average molecular weight is 747 g/mol. The van der Waals surface area contributed by atoms with Crippen LogP contribution in [0.15, 0.2) is 24.3 Å². The molecular weight excluding hydrogens is 661 g/mol. The highest BCUT2D eigenvalue weighted by molar-refractivity contribution is 5.71. The summed E-state index contributed by atoms with van der Waals surface area (Å²) in [6.07, 6.45) is 46.2. The molecular formula is C47H86O6. The first kappa shape index (κ1) is 50.9. The minimum absolute atomic E-state index is 0.0768. The Morgan fingerprint density at radius 1 is 0.358 bits per heavy atom. The zero-order valence-corrected chi connectivity index (χ0v) is 35.3. The van der Waals surface area contributed by atoms with Crippen LogP contribution < -0.4 is 0 Å². The number of hydrogen-bond donors (Lipinski definition) is 0. The molecule has 0 aliphatic rings. The van der Waals surface area contributed by atoms with E-state index in [0.717, 1.165) is 77.0 Å². The maximum atomic E-state index is 12.7. The molecule has 0 aromatic carbocycles. The first-order valence-electron chi connectivity index (χ1n) is 22.8. The zero-order chi connectivity index (χ0) is 38.7. The standard InChI is InChI=1S/C47H86O6/c1-4-7-10-13-15-17-19-21-23-24-26-27-29-31-34-37-40-46(49)52-43-44(42-51-45(48)39-36-33-12-9-6-3)53-47(50)41-38-35-32-30-28-25-22-20-18-16-14-11-8-5-2/h20,22-24,44H,4-19,21,25-43H2,1-3H3/b22-20-,24-23-. The summed E-state index contributed by atoms with van der Waals surface area (Å²) in [6.45, 7) is 6.53. The molecule has 0 radical (unpaired) electrons. The van der Waals surface area contributed by atoms with Crippen LogP contribution in [0.25, 0.3) is 0 Å². The van der Waals surface area contributed by atoms with Gasteiger partial charge in [-0.15, -0.1) is 0 Å². The van der Waals surface area contributed by atoms with E-state index < -0.39 is 6.10 Å². The third-order valence-electron chi connectivity index (χ3n) is 9.93. The van der Waals surface area contributed by atoms with Gasteiger partial charge in [-0.1, -0.05) is 173 Å². The molecule has 0 saturated heterocycles. The molecule has 6 heteroatoms. The van der Waals surface area contributed by atoms with E-state index in [2.05, 4.69) is 45.1 Å². The largest absolute Gasteiger partial charge is 0.462 e. The van der Waals surface area contributed by atoms with Gasteiger partial charge in [-0.3, -0.25) is 14.4 Å². The highest BCUT2D eigenvalue weighted by atomic mass is 16.6. The van der Waals surface area contributed by atoms with Crippen molar-refractivity contribution in [2.24, 2.45) is 0 Å². The second-order valence-corrected chi connectivity index (χ2v) is 15.3. The Hall–Kier alpha value is -2.11. The first-order valence-corrected chi connectivity index (χ1v) is 22.8. The summed E-state index contributed by atoms with van der Waals surface area (Å²) in [5.74, 6) is -0.904. The number of unbranched alkanes of at least 4 members (excludes halogenated alkanes) is 26. The Kier molecular flexibility index (Phi) is 40.9. The summed E-state index contributed by atoms with van der Waals surface area (Å²) < 4.78 is 16.6. The molecule has 0 aliphatic carbocycles. The normalized spacial score (nSPS) is 12.1. The Morgan fingerprint density at radius 3 is 0.943 bits per heavy atom. The van der Waals surface area contributed by atoms with E-state index in [4.69, 9.17) is 14.2 Å². The molecule has 0 fully saturated rings. The van der Waals surface area contributed by atoms with Crippen molar-refractivity contribution in [2.45, 2.75) is 245 Å². The molecule has 0 aromatic rings. The number of esters is 3. The number of carbonyl (C=O) groups is 3. The third-order valence-corrected chi connectivity index (χ3v) is 9.93. The number of hydrogen-bond acceptors (Lipinski definition) is 6. The van der Waals surface area contributed by atoms with Gasteiger partial charge >= 0.3 is 17.9 Å². The minimum atomic E-state index is -0.771. The second kappa shape index (κ2) is 42.6. The summed E-state index contributed by atoms with van der Waals surface area (Å²) in [5, 5.41) is 0. The predicted molar refractivity (Wildman–Crippen MR) is 224 cm³/mol. The van der Waals surface area contributed by atoms with E-state index in [-0.39, 0.29) is 31.1 Å². The highest BCUT2D eigenvalue weighted by Gasteiger charge is 2.19. The molecule has 0 heterocycles. The Labute approximate surface area is 328 Å². The lowest BCUT2D eigenvalue weighted by Gasteiger charge is -2.18. The van der Waals surface area contributed by atoms with Crippen molar-refractivity contribution in [3.05, 3.63) is 24.3 Å². The summed E-state index contributed by atoms with van der Waals surface area (Å²) >= 11 is 0. The van der Waals surface area contributed by atoms with Crippen LogP contribution in [0.1, 0.15) is 239 Å². The third kappa shape index (κ3) is 40.9. The summed E-state index contributed by atoms with van der Waals surface area (Å²) in [6, 6.07) is 0. The fourth-order valence-electron chi connectivity index (χ4n) is 6.43. The summed E-state index contributed by atoms with van der Waals surface area (Å²) in [4.78, 5) is 37.5. The molecule has 0 N–H and O–H groups in total. The maximum Gasteiger partial charge on any atom is 0.306 e. The monoisotopic (exact) mass is 747 g/mol. The molecule has 310 valence electrons. The van der Waals surface area contributed by atoms with Gasteiger partial charge in [0.05, 0.1) is 0 Å². The molecule has 0 aliphatic heterocycles. The van der Waals surface area contributed by atoms with Crippen LogP contribution in [0.3, 0.4) is 0 Å². The fourth-order valence-corrected chi connectivity index (χ4v) is 6.43. The van der Waals surface area contributed by atoms with E-state index >= 15 is 0 Å². The molecule has 0 aromatic heterocycles. The Morgan fingerprint density at radius 2 is 0.623 bits per heavy atom. The van der Waals surface area contributed by atoms with E-state index in [9.17, 15) is 14.4 Å². The number of carbonyl (C=O) groups excluding carboxylic acids is 3. The van der Waals surface area contributed by atoms with Crippen LogP contribution in [-0.2, 0) is 28.6 Å². The van der Waals surface area contributed by atoms with Gasteiger partial charge in [0.2, 0.25) is 0 Å². The van der Waals surface area contributed by atoms with Crippen molar-refractivity contribution in [1.82, 2.24) is 0 Å². The van der Waals surface area contributed by atoms with Gasteiger partial charge in [0, 0.05) is 19.3 Å². The Bertz CT molecular complexity index is 865. The molecule has 1 atom stereocenters. The molecule has 1 unspecified atom stereocenters. The second-order valence-electron chi connectivity index (χ2n) is 15.3. The van der Waals surface area contributed by atoms with Crippen molar-refractivity contribution in [3.8, 4) is 0 Å². The Balaban J connectivity index is 4.23. The number of ether oxygens (including phenoxy) is 3. The van der Waals surface area contributed by atoms with Crippen LogP contribution in [0.2, 0.25) is 0 Å². The van der Waals surface area contributed by atoms with E-state index in [0.29, 0.717) is 19.3 Å². The minimum Gasteiger partial charge on any atom is -0.462 e. The highest BCUT2D eigenvalue weighted by Crippen LogP contribution is 2.14. The number of allylic oxidation sites excluding steroid dienone is 4. The van der Waals surface area contributed by atoms with Crippen molar-refractivity contribution in [3.63, 3.8) is 0 Å². The van der Waals surface area contributed by atoms with Crippen molar-refractivity contribution < 1.29 is 28.6 Å². The fraction of sp³-hybridized carbons (Fsp3) is 0.851. The molecule has 0 amide bonds. The smallest absolute Gasteiger partial charge is 0.306 e. The van der Waals surface area contributed by atoms with Crippen molar-refractivity contribution in [1.29, 1.82) is 0 Å². The lowest BCUT2D eigenvalue weighted by Crippen LogP contribution is -2.30. The van der Waals surface area contributed by atoms with E-state index in [1.54, 1.807) is 0 Å². The van der Waals surface area contributed by atoms with Crippen molar-refractivity contribution in [2.75, 3.05) is 13.2 Å². The molecule has 6 nitrogen and oxygen atoms in total. The lowest BCUT2D eigenvalue weighted by molar-refractivity contribution is -0.167. The van der Waals surface area contributed by atoms with Gasteiger partial charge in [-0.2, -0.15) is 0 Å². The van der Waals surface area contributed by atoms with Gasteiger partial charge in [0.15, 0.2) is 6.10 Å². The maximum absolute atomic E-state index is 12.7. The van der Waals surface area contributed by atoms with Crippen LogP contribution >= 0.6 is 0 Å². The molecule has 0 bridgehead atoms. The van der Waals surface area contributed by atoms with Gasteiger partial charge in [0.25, 0.3) is 0 Å². The van der Waals surface area contributed by atoms with E-state index in [1.807, 2.05) is 0 Å². The van der Waals surface area contributed by atoms with Crippen molar-refractivity contribution >= 4 is 17.9 Å². The summed E-state index contributed by atoms with van der Waals surface area (Å²) in [5.41, 5.74) is 0. The van der Waals surface area contributed by atoms with Gasteiger partial charge in [0.1, 0.15) is 13.2 Å². The van der Waals surface area contributed by atoms with Crippen LogP contribution in [0.4, 0.5) is 0 Å². The first-order chi connectivity index (χ1) is 26.0. The average Bonchev–Trinajstić information content (AvgIpc) is 3.15. The quantitative estimate of drug-likeness (QED) is 0.0268.